The summed E-state index contributed by atoms with van der Waals surface area (Å²) in [6.45, 7) is 5.51. The lowest BCUT2D eigenvalue weighted by Crippen LogP contribution is -2.23. The van der Waals surface area contributed by atoms with E-state index in [4.69, 9.17) is 4.52 Å². The van der Waals surface area contributed by atoms with Gasteiger partial charge in [-0.3, -0.25) is 14.7 Å². The Hall–Kier alpha value is -2.99. The van der Waals surface area contributed by atoms with E-state index in [0.717, 1.165) is 25.2 Å². The van der Waals surface area contributed by atoms with Crippen LogP contribution in [0.5, 0.6) is 0 Å². The number of likely N-dealkylation sites (tertiary alicyclic amines) is 1. The average Bonchev–Trinajstić information content (AvgIpc) is 3.31. The Kier molecular flexibility index (Phi) is 5.21. The number of carbonyl (C=O) groups is 1. The predicted octanol–water partition coefficient (Wildman–Crippen LogP) is 4.28. The summed E-state index contributed by atoms with van der Waals surface area (Å²) in [4.78, 5) is 19.5. The van der Waals surface area contributed by atoms with E-state index in [1.54, 1.807) is 6.92 Å². The molecule has 144 valence electrons. The summed E-state index contributed by atoms with van der Waals surface area (Å²) in [5.41, 5.74) is 4.26. The number of nitrogens with zero attached hydrogens (tertiary/aromatic N) is 3. The van der Waals surface area contributed by atoms with Crippen LogP contribution in [-0.4, -0.2) is 27.5 Å². The van der Waals surface area contributed by atoms with E-state index < -0.39 is 0 Å². The van der Waals surface area contributed by atoms with Crippen LogP contribution in [-0.2, 0) is 6.54 Å². The summed E-state index contributed by atoms with van der Waals surface area (Å²) in [5, 5.41) is 6.75. The van der Waals surface area contributed by atoms with Crippen LogP contribution < -0.4 is 5.32 Å². The molecule has 3 heterocycles. The Bertz CT molecular complexity index is 931. The number of nitrogens with one attached hydrogen (secondary N) is 1. The summed E-state index contributed by atoms with van der Waals surface area (Å²) in [6, 6.07) is 14.3. The number of amides is 1. The smallest absolute Gasteiger partial charge is 0.255 e. The van der Waals surface area contributed by atoms with E-state index >= 15 is 0 Å². The first-order valence-electron chi connectivity index (χ1n) is 9.60. The minimum Gasteiger partial charge on any atom is -0.359 e. The van der Waals surface area contributed by atoms with Crippen molar-refractivity contribution in [1.29, 1.82) is 0 Å². The fraction of sp³-hybridized carbons (Fsp3) is 0.318. The van der Waals surface area contributed by atoms with E-state index in [-0.39, 0.29) is 5.91 Å². The zero-order valence-electron chi connectivity index (χ0n) is 16.2. The van der Waals surface area contributed by atoms with E-state index in [2.05, 4.69) is 26.4 Å². The van der Waals surface area contributed by atoms with Crippen molar-refractivity contribution < 1.29 is 9.32 Å². The molecule has 1 aliphatic heterocycles. The second-order valence-corrected chi connectivity index (χ2v) is 7.23. The highest BCUT2D eigenvalue weighted by molar-refractivity contribution is 6.04. The van der Waals surface area contributed by atoms with Gasteiger partial charge in [0.15, 0.2) is 5.76 Å². The zero-order valence-corrected chi connectivity index (χ0v) is 16.2. The molecule has 1 amide bonds. The first-order valence-corrected chi connectivity index (χ1v) is 9.60. The summed E-state index contributed by atoms with van der Waals surface area (Å²) < 4.78 is 5.10. The molecule has 0 saturated carbocycles. The molecule has 4 rings (SSSR count). The van der Waals surface area contributed by atoms with Crippen molar-refractivity contribution in [2.45, 2.75) is 39.3 Å². The highest BCUT2D eigenvalue weighted by Crippen LogP contribution is 2.32. The van der Waals surface area contributed by atoms with Crippen molar-refractivity contribution in [1.82, 2.24) is 15.0 Å². The van der Waals surface area contributed by atoms with Gasteiger partial charge in [-0.1, -0.05) is 23.4 Å². The van der Waals surface area contributed by atoms with Crippen LogP contribution in [0.1, 0.15) is 52.0 Å². The van der Waals surface area contributed by atoms with Crippen molar-refractivity contribution in [3.05, 3.63) is 76.9 Å². The molecule has 1 aromatic carbocycles. The third kappa shape index (κ3) is 3.82. The molecular weight excluding hydrogens is 352 g/mol. The number of hydrogen-bond acceptors (Lipinski definition) is 5. The van der Waals surface area contributed by atoms with Crippen LogP contribution >= 0.6 is 0 Å². The summed E-state index contributed by atoms with van der Waals surface area (Å²) in [6.07, 6.45) is 4.17. The van der Waals surface area contributed by atoms with Crippen LogP contribution in [0.3, 0.4) is 0 Å². The van der Waals surface area contributed by atoms with E-state index in [9.17, 15) is 4.79 Å². The number of rotatable bonds is 5. The van der Waals surface area contributed by atoms with Gasteiger partial charge in [-0.2, -0.15) is 0 Å². The third-order valence-corrected chi connectivity index (χ3v) is 5.27. The maximum Gasteiger partial charge on any atom is 0.255 e. The van der Waals surface area contributed by atoms with Crippen LogP contribution in [0.2, 0.25) is 0 Å². The summed E-state index contributed by atoms with van der Waals surface area (Å²) >= 11 is 0. The third-order valence-electron chi connectivity index (χ3n) is 5.27. The zero-order chi connectivity index (χ0) is 19.5. The van der Waals surface area contributed by atoms with Crippen molar-refractivity contribution in [2.75, 3.05) is 11.9 Å². The number of anilines is 1. The van der Waals surface area contributed by atoms with E-state index in [1.807, 2.05) is 49.5 Å². The van der Waals surface area contributed by atoms with E-state index in [1.165, 1.54) is 12.0 Å². The number of benzene rings is 1. The molecule has 28 heavy (non-hydrogen) atoms. The highest BCUT2D eigenvalue weighted by atomic mass is 16.5. The minimum absolute atomic E-state index is 0.159. The largest absolute Gasteiger partial charge is 0.359 e. The molecule has 1 aliphatic rings. The van der Waals surface area contributed by atoms with Gasteiger partial charge in [-0.05, 0) is 63.1 Å². The molecule has 0 unspecified atom stereocenters. The molecule has 3 aromatic rings. The molecule has 1 N–H and O–H groups in total. The first kappa shape index (κ1) is 18.4. The number of aryl methyl sites for hydroxylation is 2. The highest BCUT2D eigenvalue weighted by Gasteiger charge is 2.26. The molecule has 0 aliphatic carbocycles. The Labute approximate surface area is 164 Å². The van der Waals surface area contributed by atoms with Gasteiger partial charge in [0, 0.05) is 18.3 Å². The molecule has 2 aromatic heterocycles. The molecule has 6 heteroatoms. The molecule has 0 spiro atoms. The Morgan fingerprint density at radius 2 is 2.04 bits per heavy atom. The lowest BCUT2D eigenvalue weighted by molar-refractivity contribution is 0.102. The minimum atomic E-state index is -0.159. The van der Waals surface area contributed by atoms with Crippen molar-refractivity contribution in [3.8, 4) is 0 Å². The first-order chi connectivity index (χ1) is 13.6. The van der Waals surface area contributed by atoms with Gasteiger partial charge in [0.05, 0.1) is 11.7 Å². The maximum atomic E-state index is 12.5. The number of carbonyl (C=O) groups excluding carboxylic acids is 1. The van der Waals surface area contributed by atoms with Crippen molar-refractivity contribution in [2.24, 2.45) is 0 Å². The SMILES string of the molecule is Cc1noc(C)c1NC(=O)c1ccc(CN2CCC[C@H]2c2ccccn2)cc1. The van der Waals surface area contributed by atoms with Crippen LogP contribution in [0.4, 0.5) is 5.69 Å². The Morgan fingerprint density at radius 3 is 2.71 bits per heavy atom. The van der Waals surface area contributed by atoms with Gasteiger partial charge in [0.2, 0.25) is 0 Å². The van der Waals surface area contributed by atoms with Gasteiger partial charge in [0.25, 0.3) is 5.91 Å². The van der Waals surface area contributed by atoms with E-state index in [0.29, 0.717) is 28.7 Å². The van der Waals surface area contributed by atoms with Crippen LogP contribution in [0.25, 0.3) is 0 Å². The topological polar surface area (TPSA) is 71.3 Å². The fourth-order valence-corrected chi connectivity index (χ4v) is 3.77. The monoisotopic (exact) mass is 376 g/mol. The van der Waals surface area contributed by atoms with Crippen molar-refractivity contribution >= 4 is 11.6 Å². The predicted molar refractivity (Wildman–Crippen MR) is 107 cm³/mol. The van der Waals surface area contributed by atoms with Crippen LogP contribution in [0, 0.1) is 13.8 Å². The molecule has 1 atom stereocenters. The normalized spacial score (nSPS) is 17.0. The molecule has 6 nitrogen and oxygen atoms in total. The maximum absolute atomic E-state index is 12.5. The van der Waals surface area contributed by atoms with Gasteiger partial charge < -0.3 is 9.84 Å². The molecular formula is C22H24N4O2. The summed E-state index contributed by atoms with van der Waals surface area (Å²) in [5.74, 6) is 0.450. The number of pyridine rings is 1. The molecule has 1 saturated heterocycles. The lowest BCUT2D eigenvalue weighted by Gasteiger charge is -2.24. The van der Waals surface area contributed by atoms with Gasteiger partial charge in [-0.25, -0.2) is 0 Å². The van der Waals surface area contributed by atoms with Gasteiger partial charge in [0.1, 0.15) is 11.4 Å². The van der Waals surface area contributed by atoms with Crippen LogP contribution in [0.15, 0.2) is 53.2 Å². The number of hydrogen-bond donors (Lipinski definition) is 1. The number of aromatic nitrogens is 2. The quantitative estimate of drug-likeness (QED) is 0.720. The lowest BCUT2D eigenvalue weighted by atomic mass is 10.1. The molecule has 0 bridgehead atoms. The average molecular weight is 376 g/mol. The molecule has 0 radical (unpaired) electrons. The fourth-order valence-electron chi connectivity index (χ4n) is 3.77. The second kappa shape index (κ2) is 7.94. The molecule has 1 fully saturated rings. The summed E-state index contributed by atoms with van der Waals surface area (Å²) in [7, 11) is 0. The van der Waals surface area contributed by atoms with Crippen molar-refractivity contribution in [3.63, 3.8) is 0 Å². The van der Waals surface area contributed by atoms with Gasteiger partial charge >= 0.3 is 0 Å². The second-order valence-electron chi connectivity index (χ2n) is 7.23. The standard InChI is InChI=1S/C22H24N4O2/c1-15-21(16(2)28-25-15)24-22(27)18-10-8-17(9-11-18)14-26-13-5-7-20(26)19-6-3-4-12-23-19/h3-4,6,8-12,20H,5,7,13-14H2,1-2H3,(H,24,27)/t20-/m0/s1. The van der Waals surface area contributed by atoms with Gasteiger partial charge in [-0.15, -0.1) is 0 Å². The Morgan fingerprint density at radius 1 is 1.21 bits per heavy atom. The Balaban J connectivity index is 1.42.